The highest BCUT2D eigenvalue weighted by atomic mass is 16.4. The zero-order chi connectivity index (χ0) is 11.3. The Bertz CT molecular complexity index is 346. The van der Waals surface area contributed by atoms with E-state index in [1.807, 2.05) is 6.07 Å². The van der Waals surface area contributed by atoms with Crippen LogP contribution in [0.15, 0.2) is 18.2 Å². The van der Waals surface area contributed by atoms with Crippen molar-refractivity contribution in [2.75, 3.05) is 6.54 Å². The Kier molecular flexibility index (Phi) is 4.12. The zero-order valence-corrected chi connectivity index (χ0v) is 8.66. The minimum absolute atomic E-state index is 0.448. The predicted molar refractivity (Wildman–Crippen MR) is 56.8 cm³/mol. The van der Waals surface area contributed by atoms with E-state index in [1.165, 1.54) is 5.56 Å². The number of rotatable bonds is 0. The summed E-state index contributed by atoms with van der Waals surface area (Å²) in [5, 5.41) is 20.1. The van der Waals surface area contributed by atoms with Gasteiger partial charge in [-0.05, 0) is 30.2 Å². The van der Waals surface area contributed by atoms with Crippen LogP contribution in [-0.2, 0) is 17.8 Å². The van der Waals surface area contributed by atoms with Crippen LogP contribution in [0.2, 0.25) is 0 Å². The van der Waals surface area contributed by atoms with Crippen LogP contribution >= 0.6 is 0 Å². The molecule has 1 heterocycles. The van der Waals surface area contributed by atoms with Gasteiger partial charge in [-0.25, -0.2) is 0 Å². The lowest BCUT2D eigenvalue weighted by Crippen LogP contribution is -2.23. The molecule has 0 saturated carbocycles. The second-order valence-corrected chi connectivity index (χ2v) is 3.36. The lowest BCUT2D eigenvalue weighted by atomic mass is 10.0. The average molecular weight is 209 g/mol. The zero-order valence-electron chi connectivity index (χ0n) is 8.66. The molecule has 1 aliphatic rings. The summed E-state index contributed by atoms with van der Waals surface area (Å²) < 4.78 is 0. The number of aromatic hydroxyl groups is 1. The molecule has 15 heavy (non-hydrogen) atoms. The van der Waals surface area contributed by atoms with Crippen LogP contribution in [0.5, 0.6) is 5.75 Å². The highest BCUT2D eigenvalue weighted by Crippen LogP contribution is 2.23. The number of fused-ring (bicyclic) bond motifs is 1. The van der Waals surface area contributed by atoms with Crippen LogP contribution in [0, 0.1) is 0 Å². The summed E-state index contributed by atoms with van der Waals surface area (Å²) in [4.78, 5) is 9.00. The number of hydrogen-bond donors (Lipinski definition) is 3. The number of phenolic OH excluding ortho intramolecular Hbond substituents is 1. The van der Waals surface area contributed by atoms with Gasteiger partial charge >= 0.3 is 0 Å². The van der Waals surface area contributed by atoms with E-state index in [0.29, 0.717) is 5.75 Å². The third kappa shape index (κ3) is 3.59. The standard InChI is InChI=1S/C9H11NO.C2H4O2/c11-9-3-1-2-7-6-10-5-4-8(7)9;1-2(3)4/h1-3,10-11H,4-6H2;1H3,(H,3,4). The first-order chi connectivity index (χ1) is 7.11. The Morgan fingerprint density at radius 2 is 2.13 bits per heavy atom. The van der Waals surface area contributed by atoms with Crippen molar-refractivity contribution in [1.82, 2.24) is 5.32 Å². The van der Waals surface area contributed by atoms with Crippen LogP contribution in [0.3, 0.4) is 0 Å². The Balaban J connectivity index is 0.000000245. The summed E-state index contributed by atoms with van der Waals surface area (Å²) in [6.07, 6.45) is 0.946. The molecule has 2 rings (SSSR count). The molecule has 0 fully saturated rings. The number of phenols is 1. The number of hydrogen-bond acceptors (Lipinski definition) is 3. The predicted octanol–water partition coefficient (Wildman–Crippen LogP) is 1.13. The molecule has 0 amide bonds. The van der Waals surface area contributed by atoms with E-state index in [4.69, 9.17) is 9.90 Å². The van der Waals surface area contributed by atoms with E-state index in [0.717, 1.165) is 32.0 Å². The fourth-order valence-electron chi connectivity index (χ4n) is 1.51. The van der Waals surface area contributed by atoms with Gasteiger partial charge in [-0.3, -0.25) is 4.79 Å². The van der Waals surface area contributed by atoms with E-state index in [2.05, 4.69) is 11.4 Å². The van der Waals surface area contributed by atoms with Gasteiger partial charge in [0.1, 0.15) is 5.75 Å². The van der Waals surface area contributed by atoms with Gasteiger partial charge in [-0.1, -0.05) is 12.1 Å². The van der Waals surface area contributed by atoms with Crippen molar-refractivity contribution < 1.29 is 15.0 Å². The lowest BCUT2D eigenvalue weighted by molar-refractivity contribution is -0.134. The van der Waals surface area contributed by atoms with Gasteiger partial charge in [0.25, 0.3) is 5.97 Å². The number of benzene rings is 1. The van der Waals surface area contributed by atoms with E-state index in [1.54, 1.807) is 6.07 Å². The number of aliphatic carboxylic acids is 1. The quantitative estimate of drug-likeness (QED) is 0.599. The molecule has 0 atom stereocenters. The first-order valence-corrected chi connectivity index (χ1v) is 4.81. The summed E-state index contributed by atoms with van der Waals surface area (Å²) >= 11 is 0. The maximum Gasteiger partial charge on any atom is 0.300 e. The third-order valence-corrected chi connectivity index (χ3v) is 2.12. The molecule has 0 radical (unpaired) electrons. The summed E-state index contributed by atoms with van der Waals surface area (Å²) in [6.45, 7) is 2.95. The largest absolute Gasteiger partial charge is 0.508 e. The van der Waals surface area contributed by atoms with Crippen LogP contribution in [0.4, 0.5) is 0 Å². The van der Waals surface area contributed by atoms with Crippen LogP contribution in [0.25, 0.3) is 0 Å². The fourth-order valence-corrected chi connectivity index (χ4v) is 1.51. The first-order valence-electron chi connectivity index (χ1n) is 4.81. The summed E-state index contributed by atoms with van der Waals surface area (Å²) in [7, 11) is 0. The van der Waals surface area contributed by atoms with Gasteiger partial charge in [0.05, 0.1) is 0 Å². The van der Waals surface area contributed by atoms with Crippen molar-refractivity contribution in [3.63, 3.8) is 0 Å². The van der Waals surface area contributed by atoms with E-state index in [9.17, 15) is 5.11 Å². The van der Waals surface area contributed by atoms with Gasteiger partial charge in [0.15, 0.2) is 0 Å². The molecule has 0 saturated heterocycles. The first kappa shape index (κ1) is 11.5. The summed E-state index contributed by atoms with van der Waals surface area (Å²) in [5.41, 5.74) is 2.35. The van der Waals surface area contributed by atoms with E-state index in [-0.39, 0.29) is 0 Å². The molecule has 0 unspecified atom stereocenters. The molecular weight excluding hydrogens is 194 g/mol. The molecule has 3 N–H and O–H groups in total. The van der Waals surface area contributed by atoms with E-state index < -0.39 is 5.97 Å². The highest BCUT2D eigenvalue weighted by molar-refractivity contribution is 5.62. The van der Waals surface area contributed by atoms with Crippen molar-refractivity contribution in [3.05, 3.63) is 29.3 Å². The second kappa shape index (κ2) is 5.36. The topological polar surface area (TPSA) is 69.6 Å². The average Bonchev–Trinajstić information content (AvgIpc) is 2.18. The van der Waals surface area contributed by atoms with Crippen molar-refractivity contribution in [2.24, 2.45) is 0 Å². The Morgan fingerprint density at radius 3 is 2.73 bits per heavy atom. The molecular formula is C11H15NO3. The molecule has 1 aliphatic heterocycles. The Morgan fingerprint density at radius 1 is 1.47 bits per heavy atom. The second-order valence-electron chi connectivity index (χ2n) is 3.36. The molecule has 1 aromatic carbocycles. The molecule has 1 aromatic rings. The van der Waals surface area contributed by atoms with Gasteiger partial charge in [0, 0.05) is 13.5 Å². The van der Waals surface area contributed by atoms with E-state index >= 15 is 0 Å². The smallest absolute Gasteiger partial charge is 0.300 e. The van der Waals surface area contributed by atoms with Crippen LogP contribution in [0.1, 0.15) is 18.1 Å². The van der Waals surface area contributed by atoms with Crippen molar-refractivity contribution in [1.29, 1.82) is 0 Å². The maximum atomic E-state index is 9.43. The highest BCUT2D eigenvalue weighted by Gasteiger charge is 2.10. The number of carboxylic acid groups (broad SMARTS) is 1. The van der Waals surface area contributed by atoms with Gasteiger partial charge in [-0.15, -0.1) is 0 Å². The molecule has 4 heteroatoms. The lowest BCUT2D eigenvalue weighted by Gasteiger charge is -2.17. The minimum atomic E-state index is -0.833. The molecule has 0 aliphatic carbocycles. The Labute approximate surface area is 88.6 Å². The fraction of sp³-hybridized carbons (Fsp3) is 0.364. The SMILES string of the molecule is CC(=O)O.Oc1cccc2c1CCNC2. The third-order valence-electron chi connectivity index (χ3n) is 2.12. The van der Waals surface area contributed by atoms with Crippen LogP contribution < -0.4 is 5.32 Å². The molecule has 0 bridgehead atoms. The number of carboxylic acids is 1. The number of carbonyl (C=O) groups is 1. The monoisotopic (exact) mass is 209 g/mol. The van der Waals surface area contributed by atoms with Gasteiger partial charge in [0.2, 0.25) is 0 Å². The molecule has 0 spiro atoms. The van der Waals surface area contributed by atoms with Crippen molar-refractivity contribution in [3.8, 4) is 5.75 Å². The molecule has 0 aromatic heterocycles. The van der Waals surface area contributed by atoms with Gasteiger partial charge < -0.3 is 15.5 Å². The van der Waals surface area contributed by atoms with Crippen molar-refractivity contribution >= 4 is 5.97 Å². The molecule has 82 valence electrons. The molecule has 4 nitrogen and oxygen atoms in total. The van der Waals surface area contributed by atoms with Gasteiger partial charge in [-0.2, -0.15) is 0 Å². The normalized spacial score (nSPS) is 13.4. The minimum Gasteiger partial charge on any atom is -0.508 e. The maximum absolute atomic E-state index is 9.43. The summed E-state index contributed by atoms with van der Waals surface area (Å²) in [6, 6.07) is 5.70. The number of nitrogens with one attached hydrogen (secondary N) is 1. The summed E-state index contributed by atoms with van der Waals surface area (Å²) in [5.74, 6) is -0.385. The Hall–Kier alpha value is -1.55. The van der Waals surface area contributed by atoms with Crippen molar-refractivity contribution in [2.45, 2.75) is 19.9 Å². The van der Waals surface area contributed by atoms with Crippen LogP contribution in [-0.4, -0.2) is 22.7 Å².